The van der Waals surface area contributed by atoms with Gasteiger partial charge in [-0.25, -0.2) is 0 Å². The third kappa shape index (κ3) is 6.14. The summed E-state index contributed by atoms with van der Waals surface area (Å²) in [4.78, 5) is 41.4. The summed E-state index contributed by atoms with van der Waals surface area (Å²) in [6.07, 6.45) is 13.0. The van der Waals surface area contributed by atoms with E-state index in [4.69, 9.17) is 24.4 Å². The van der Waals surface area contributed by atoms with Crippen LogP contribution < -0.4 is 41.5 Å². The molecule has 3 aromatic heterocycles. The van der Waals surface area contributed by atoms with Gasteiger partial charge in [-0.1, -0.05) is 79.1 Å². The van der Waals surface area contributed by atoms with E-state index in [1.165, 1.54) is 7.11 Å². The molecule has 3 aliphatic rings. The van der Waals surface area contributed by atoms with Crippen LogP contribution in [0.25, 0.3) is 35.6 Å². The van der Waals surface area contributed by atoms with E-state index in [9.17, 15) is 14.7 Å². The number of nitrogens with one attached hydrogen (secondary N) is 1. The zero-order chi connectivity index (χ0) is 34.4. The smallest absolute Gasteiger partial charge is 0.657 e. The fourth-order valence-electron chi connectivity index (χ4n) is 7.62. The number of rotatable bonds is 8. The molecular formula is C39H43MgN4O5-. The number of carbonyl (C=O) groups is 2. The molecule has 1 aliphatic carbocycles. The topological polar surface area (TPSA) is 127 Å². The molecule has 9 nitrogen and oxygen atoms in total. The first kappa shape index (κ1) is 36.1. The van der Waals surface area contributed by atoms with Gasteiger partial charge in [-0.3, -0.25) is 9.59 Å². The fourth-order valence-corrected chi connectivity index (χ4v) is 7.62. The van der Waals surface area contributed by atoms with Gasteiger partial charge in [0, 0.05) is 23.3 Å². The number of aliphatic hydroxyl groups excluding tert-OH is 1. The second kappa shape index (κ2) is 14.4. The molecular weight excluding hydrogens is 629 g/mol. The minimum absolute atomic E-state index is 0. The molecule has 6 rings (SSSR count). The van der Waals surface area contributed by atoms with Gasteiger partial charge < -0.3 is 34.8 Å². The van der Waals surface area contributed by atoms with Crippen molar-refractivity contribution in [2.24, 2.45) is 17.8 Å². The summed E-state index contributed by atoms with van der Waals surface area (Å²) in [6.45, 7) is 16.4. The normalized spacial score (nSPS) is 23.1. The molecule has 0 spiro atoms. The number of fused-ring (bicyclic) bond motifs is 8. The van der Waals surface area contributed by atoms with Crippen molar-refractivity contribution in [3.8, 4) is 0 Å². The largest absolute Gasteiger partial charge is 2.00 e. The standard InChI is InChI=1S/C39H43N4O5.Mg/c1-9-12-15-48-32(44)14-13-25-21(6)28-16-26-19(4)23(10-2)30(40-26)17-27-20(5)24(11-3)31(41-27)18-29-22(7)33-37(43-29)34(36(25)42-28)35(38(33)45)39(46)47-8;/h9-10,12,16-18,21,25,35-36,42,45H,2,11,13-15H2,1,3-8H3;/q-3;+2/b12-9+,27-17-,28-16-,31-18-;/t21-,25-,35+,36?;/m0./s1. The van der Waals surface area contributed by atoms with Crippen molar-refractivity contribution >= 4 is 70.6 Å². The zero-order valence-corrected chi connectivity index (χ0v) is 30.9. The number of aromatic nitrogens is 3. The minimum atomic E-state index is -1.03. The number of nitrogens with zero attached hydrogens (tertiary/aromatic N) is 3. The predicted molar refractivity (Wildman–Crippen MR) is 192 cm³/mol. The minimum Gasteiger partial charge on any atom is -0.657 e. The van der Waals surface area contributed by atoms with Gasteiger partial charge >= 0.3 is 35.0 Å². The maximum absolute atomic E-state index is 13.4. The maximum Gasteiger partial charge on any atom is 2.00 e. The van der Waals surface area contributed by atoms with Gasteiger partial charge in [0.05, 0.1) is 13.2 Å². The predicted octanol–water partition coefficient (Wildman–Crippen LogP) is 2.06. The van der Waals surface area contributed by atoms with Crippen molar-refractivity contribution in [2.75, 3.05) is 13.7 Å². The van der Waals surface area contributed by atoms with Gasteiger partial charge in [-0.05, 0) is 57.6 Å². The van der Waals surface area contributed by atoms with Crippen LogP contribution in [0.1, 0.15) is 78.5 Å². The molecule has 4 atom stereocenters. The van der Waals surface area contributed by atoms with Gasteiger partial charge in [0.15, 0.2) is 0 Å². The first-order valence-electron chi connectivity index (χ1n) is 16.6. The van der Waals surface area contributed by atoms with Crippen LogP contribution in [0.2, 0.25) is 0 Å². The molecule has 0 amide bonds. The molecule has 10 heteroatoms. The van der Waals surface area contributed by atoms with E-state index in [-0.39, 0.29) is 59.6 Å². The van der Waals surface area contributed by atoms with Crippen molar-refractivity contribution < 1.29 is 24.2 Å². The van der Waals surface area contributed by atoms with E-state index in [0.717, 1.165) is 62.0 Å². The Balaban J connectivity index is 0.00000468. The molecule has 0 saturated carbocycles. The Kier molecular flexibility index (Phi) is 10.6. The Morgan fingerprint density at radius 1 is 1.02 bits per heavy atom. The Labute approximate surface area is 302 Å². The van der Waals surface area contributed by atoms with E-state index < -0.39 is 17.9 Å². The number of methoxy groups -OCH3 is 1. The van der Waals surface area contributed by atoms with E-state index >= 15 is 0 Å². The molecule has 3 aromatic rings. The summed E-state index contributed by atoms with van der Waals surface area (Å²) in [5.74, 6) is -2.15. The number of allylic oxidation sites excluding steroid dienone is 2. The first-order valence-corrected chi connectivity index (χ1v) is 16.6. The summed E-state index contributed by atoms with van der Waals surface area (Å²) >= 11 is 0. The summed E-state index contributed by atoms with van der Waals surface area (Å²) in [5, 5.41) is 18.2. The van der Waals surface area contributed by atoms with Gasteiger partial charge in [-0.15, -0.1) is 33.1 Å². The van der Waals surface area contributed by atoms with Crippen LogP contribution in [0.15, 0.2) is 24.4 Å². The molecule has 1 fully saturated rings. The quantitative estimate of drug-likeness (QED) is 0.210. The third-order valence-corrected chi connectivity index (χ3v) is 10.3. The molecule has 1 saturated heterocycles. The molecule has 2 aliphatic heterocycles. The maximum atomic E-state index is 13.4. The molecule has 8 bridgehead atoms. The van der Waals surface area contributed by atoms with E-state index in [1.54, 1.807) is 6.08 Å². The molecule has 2 N–H and O–H groups in total. The number of hydrogen-bond acceptors (Lipinski definition) is 6. The van der Waals surface area contributed by atoms with Gasteiger partial charge in [0.25, 0.3) is 0 Å². The summed E-state index contributed by atoms with van der Waals surface area (Å²) in [7, 11) is 1.32. The van der Waals surface area contributed by atoms with Gasteiger partial charge in [0.1, 0.15) is 18.3 Å². The van der Waals surface area contributed by atoms with Crippen molar-refractivity contribution in [3.63, 3.8) is 0 Å². The summed E-state index contributed by atoms with van der Waals surface area (Å²) in [5.41, 5.74) is 8.73. The van der Waals surface area contributed by atoms with E-state index in [0.29, 0.717) is 28.3 Å². The molecule has 1 unspecified atom stereocenters. The van der Waals surface area contributed by atoms with Crippen LogP contribution in [-0.2, 0) is 25.5 Å². The van der Waals surface area contributed by atoms with Crippen LogP contribution in [0, 0.1) is 38.5 Å². The Bertz CT molecular complexity index is 2140. The van der Waals surface area contributed by atoms with Crippen LogP contribution in [0.5, 0.6) is 0 Å². The number of hydrogen-bond donors (Lipinski definition) is 2. The van der Waals surface area contributed by atoms with Gasteiger partial charge in [0.2, 0.25) is 0 Å². The first-order chi connectivity index (χ1) is 23.0. The number of esters is 2. The number of ether oxygens (including phenoxy) is 2. The van der Waals surface area contributed by atoms with E-state index in [2.05, 4.69) is 38.7 Å². The molecule has 49 heavy (non-hydrogen) atoms. The van der Waals surface area contributed by atoms with Crippen molar-refractivity contribution in [2.45, 2.75) is 66.8 Å². The van der Waals surface area contributed by atoms with Crippen LogP contribution in [-0.4, -0.2) is 59.9 Å². The van der Waals surface area contributed by atoms with Crippen LogP contribution in [0.4, 0.5) is 0 Å². The molecule has 0 aromatic carbocycles. The van der Waals surface area contributed by atoms with Crippen molar-refractivity contribution in [3.05, 3.63) is 90.6 Å². The third-order valence-electron chi connectivity index (χ3n) is 10.3. The average molecular weight is 672 g/mol. The average Bonchev–Trinajstić information content (AvgIpc) is 3.80. The molecule has 252 valence electrons. The van der Waals surface area contributed by atoms with E-state index in [1.807, 2.05) is 45.1 Å². The number of carbonyl (C=O) groups excluding carboxylic acids is 2. The Hall–Kier alpha value is -4.15. The fraction of sp³-hybridized carbons (Fsp3) is 0.385. The van der Waals surface area contributed by atoms with Crippen molar-refractivity contribution in [1.29, 1.82) is 0 Å². The van der Waals surface area contributed by atoms with Crippen LogP contribution >= 0.6 is 0 Å². The zero-order valence-electron chi connectivity index (χ0n) is 29.4. The monoisotopic (exact) mass is 671 g/mol. The SMILES string of the molecule is C=Cc1c2[n-]c(c1C)/C=C1\NC(C3=c4[n-]c(c(C)c4=C(O)[C@@H]3C(=O)OC)/C=c3\[n-]/c(c(C)c3CC)=C\2)[C@@H](CCC(=O)OC/C=C/C)[C@@H]1C.[Mg+2]. The summed E-state index contributed by atoms with van der Waals surface area (Å²) in [6, 6.07) is -0.436. The second-order valence-electron chi connectivity index (χ2n) is 12.9. The van der Waals surface area contributed by atoms with Crippen molar-refractivity contribution in [1.82, 2.24) is 20.3 Å². The van der Waals surface area contributed by atoms with Crippen LogP contribution in [0.3, 0.4) is 0 Å². The molecule has 5 heterocycles. The Morgan fingerprint density at radius 2 is 1.73 bits per heavy atom. The molecule has 0 radical (unpaired) electrons. The Morgan fingerprint density at radius 3 is 2.41 bits per heavy atom. The summed E-state index contributed by atoms with van der Waals surface area (Å²) < 4.78 is 10.7. The van der Waals surface area contributed by atoms with Gasteiger partial charge in [-0.2, -0.15) is 0 Å². The second-order valence-corrected chi connectivity index (χ2v) is 12.9. The number of aliphatic hydroxyl groups is 1.